The first-order valence-electron chi connectivity index (χ1n) is 11.9. The molecule has 0 saturated carbocycles. The van der Waals surface area contributed by atoms with Gasteiger partial charge in [-0.15, -0.1) is 11.3 Å². The number of carbonyl (C=O) groups excluding carboxylic acids is 2. The predicted molar refractivity (Wildman–Crippen MR) is 135 cm³/mol. The van der Waals surface area contributed by atoms with E-state index in [1.165, 1.54) is 21.8 Å². The number of anilines is 1. The molecule has 0 aliphatic heterocycles. The lowest BCUT2D eigenvalue weighted by molar-refractivity contribution is -0.116. The second-order valence-electron chi connectivity index (χ2n) is 9.93. The van der Waals surface area contributed by atoms with E-state index in [1.807, 2.05) is 19.1 Å². The molecule has 5 nitrogen and oxygen atoms in total. The minimum Gasteiger partial charge on any atom is -0.493 e. The van der Waals surface area contributed by atoms with Crippen LogP contribution in [0.1, 0.15) is 78.9 Å². The topological polar surface area (TPSA) is 64.6 Å². The summed E-state index contributed by atoms with van der Waals surface area (Å²) in [6.45, 7) is 13.5. The zero-order valence-electron chi connectivity index (χ0n) is 20.8. The Kier molecular flexibility index (Phi) is 8.22. The summed E-state index contributed by atoms with van der Waals surface area (Å²) in [4.78, 5) is 26.7. The molecule has 1 N–H and O–H groups in total. The SMILES string of the molecule is CCOC(=O)c1c(NC(=O)CCCOc2cccc(C)c2C)sc2c1CCC(C(C)(C)C)C2. The predicted octanol–water partition coefficient (Wildman–Crippen LogP) is 6.49. The van der Waals surface area contributed by atoms with Gasteiger partial charge in [0.05, 0.1) is 18.8 Å². The molecule has 1 atom stereocenters. The number of esters is 1. The monoisotopic (exact) mass is 471 g/mol. The van der Waals surface area contributed by atoms with Crippen molar-refractivity contribution < 1.29 is 19.1 Å². The van der Waals surface area contributed by atoms with Crippen LogP contribution in [0.2, 0.25) is 0 Å². The van der Waals surface area contributed by atoms with E-state index in [0.717, 1.165) is 36.1 Å². The number of aryl methyl sites for hydroxylation is 1. The zero-order chi connectivity index (χ0) is 24.2. The molecule has 1 unspecified atom stereocenters. The van der Waals surface area contributed by atoms with Crippen molar-refractivity contribution in [2.24, 2.45) is 11.3 Å². The van der Waals surface area contributed by atoms with Crippen molar-refractivity contribution in [3.05, 3.63) is 45.3 Å². The van der Waals surface area contributed by atoms with E-state index in [4.69, 9.17) is 9.47 Å². The number of nitrogens with one attached hydrogen (secondary N) is 1. The maximum Gasteiger partial charge on any atom is 0.341 e. The van der Waals surface area contributed by atoms with E-state index in [9.17, 15) is 9.59 Å². The maximum absolute atomic E-state index is 12.7. The number of thiophene rings is 1. The normalized spacial score (nSPS) is 15.6. The van der Waals surface area contributed by atoms with E-state index in [2.05, 4.69) is 39.1 Å². The molecule has 0 spiro atoms. The van der Waals surface area contributed by atoms with Crippen LogP contribution in [0.4, 0.5) is 5.00 Å². The Bertz CT molecular complexity index is 1000. The van der Waals surface area contributed by atoms with Crippen LogP contribution in [-0.4, -0.2) is 25.1 Å². The van der Waals surface area contributed by atoms with E-state index >= 15 is 0 Å². The van der Waals surface area contributed by atoms with Gasteiger partial charge in [0.2, 0.25) is 5.91 Å². The van der Waals surface area contributed by atoms with Crippen molar-refractivity contribution in [2.75, 3.05) is 18.5 Å². The average molecular weight is 472 g/mol. The van der Waals surface area contributed by atoms with Crippen LogP contribution in [0.15, 0.2) is 18.2 Å². The Morgan fingerprint density at radius 3 is 2.67 bits per heavy atom. The van der Waals surface area contributed by atoms with E-state index in [1.54, 1.807) is 6.92 Å². The molecule has 1 aliphatic carbocycles. The fourth-order valence-electron chi connectivity index (χ4n) is 4.32. The number of ether oxygens (including phenoxy) is 2. The zero-order valence-corrected chi connectivity index (χ0v) is 21.6. The Morgan fingerprint density at radius 2 is 1.97 bits per heavy atom. The molecule has 3 rings (SSSR count). The Balaban J connectivity index is 1.65. The van der Waals surface area contributed by atoms with Crippen molar-refractivity contribution in [3.63, 3.8) is 0 Å². The van der Waals surface area contributed by atoms with Gasteiger partial charge in [0, 0.05) is 11.3 Å². The summed E-state index contributed by atoms with van der Waals surface area (Å²) in [7, 11) is 0. The van der Waals surface area contributed by atoms with Crippen LogP contribution in [0.25, 0.3) is 0 Å². The largest absolute Gasteiger partial charge is 0.493 e. The van der Waals surface area contributed by atoms with Crippen LogP contribution in [0, 0.1) is 25.2 Å². The van der Waals surface area contributed by atoms with Gasteiger partial charge in [-0.05, 0) is 80.5 Å². The molecular weight excluding hydrogens is 434 g/mol. The molecule has 6 heteroatoms. The summed E-state index contributed by atoms with van der Waals surface area (Å²) >= 11 is 1.54. The van der Waals surface area contributed by atoms with Crippen LogP contribution >= 0.6 is 11.3 Å². The summed E-state index contributed by atoms with van der Waals surface area (Å²) in [5.41, 5.74) is 4.15. The highest BCUT2D eigenvalue weighted by Gasteiger charge is 2.34. The van der Waals surface area contributed by atoms with Crippen LogP contribution < -0.4 is 10.1 Å². The standard InChI is InChI=1S/C27H37NO4S/c1-7-31-26(30)24-20-14-13-19(27(4,5)6)16-22(20)33-25(24)28-23(29)12-9-15-32-21-11-8-10-17(2)18(21)3/h8,10-11,19H,7,9,12-16H2,1-6H3,(H,28,29). The summed E-state index contributed by atoms with van der Waals surface area (Å²) in [6.07, 6.45) is 3.77. The van der Waals surface area contributed by atoms with Gasteiger partial charge in [0.1, 0.15) is 10.8 Å². The molecule has 1 aliphatic rings. The molecule has 1 heterocycles. The first kappa shape index (κ1) is 25.3. The third kappa shape index (κ3) is 6.17. The van der Waals surface area contributed by atoms with Crippen molar-refractivity contribution in [3.8, 4) is 5.75 Å². The Labute approximate surface area is 201 Å². The first-order chi connectivity index (χ1) is 15.6. The van der Waals surface area contributed by atoms with E-state index < -0.39 is 0 Å². The summed E-state index contributed by atoms with van der Waals surface area (Å²) < 4.78 is 11.2. The second-order valence-corrected chi connectivity index (χ2v) is 11.0. The fraction of sp³-hybridized carbons (Fsp3) is 0.556. The number of hydrogen-bond donors (Lipinski definition) is 1. The molecule has 1 aromatic carbocycles. The highest BCUT2D eigenvalue weighted by Crippen LogP contribution is 2.44. The molecule has 1 aromatic heterocycles. The quantitative estimate of drug-likeness (QED) is 0.353. The van der Waals surface area contributed by atoms with Crippen molar-refractivity contribution in [1.29, 1.82) is 0 Å². The number of rotatable bonds is 8. The minimum atomic E-state index is -0.335. The van der Waals surface area contributed by atoms with Crippen molar-refractivity contribution in [2.45, 2.75) is 73.6 Å². The molecule has 0 radical (unpaired) electrons. The molecule has 0 bridgehead atoms. The fourth-order valence-corrected chi connectivity index (χ4v) is 5.65. The van der Waals surface area contributed by atoms with Gasteiger partial charge in [-0.3, -0.25) is 4.79 Å². The van der Waals surface area contributed by atoms with E-state index in [-0.39, 0.29) is 17.3 Å². The number of carbonyl (C=O) groups is 2. The summed E-state index contributed by atoms with van der Waals surface area (Å²) in [6, 6.07) is 5.99. The third-order valence-corrected chi connectivity index (χ3v) is 7.75. The molecule has 180 valence electrons. The molecule has 2 aromatic rings. The number of amides is 1. The lowest BCUT2D eigenvalue weighted by Crippen LogP contribution is -2.26. The first-order valence-corrected chi connectivity index (χ1v) is 12.7. The lowest BCUT2D eigenvalue weighted by atomic mass is 9.72. The molecular formula is C27H37NO4S. The van der Waals surface area contributed by atoms with Crippen LogP contribution in [-0.2, 0) is 22.4 Å². The van der Waals surface area contributed by atoms with Gasteiger partial charge < -0.3 is 14.8 Å². The van der Waals surface area contributed by atoms with Crippen molar-refractivity contribution >= 4 is 28.2 Å². The summed E-state index contributed by atoms with van der Waals surface area (Å²) in [5, 5.41) is 3.64. The third-order valence-electron chi connectivity index (χ3n) is 6.58. The smallest absolute Gasteiger partial charge is 0.341 e. The lowest BCUT2D eigenvalue weighted by Gasteiger charge is -2.33. The van der Waals surface area contributed by atoms with E-state index in [0.29, 0.717) is 42.5 Å². The average Bonchev–Trinajstić information content (AvgIpc) is 3.10. The maximum atomic E-state index is 12.7. The van der Waals surface area contributed by atoms with Gasteiger partial charge in [-0.2, -0.15) is 0 Å². The highest BCUT2D eigenvalue weighted by atomic mass is 32.1. The van der Waals surface area contributed by atoms with Crippen molar-refractivity contribution in [1.82, 2.24) is 0 Å². The van der Waals surface area contributed by atoms with Gasteiger partial charge in [0.15, 0.2) is 0 Å². The van der Waals surface area contributed by atoms with Gasteiger partial charge in [0.25, 0.3) is 0 Å². The number of hydrogen-bond acceptors (Lipinski definition) is 5. The Morgan fingerprint density at radius 1 is 1.21 bits per heavy atom. The number of fused-ring (bicyclic) bond motifs is 1. The second kappa shape index (κ2) is 10.7. The minimum absolute atomic E-state index is 0.101. The highest BCUT2D eigenvalue weighted by molar-refractivity contribution is 7.17. The Hall–Kier alpha value is -2.34. The molecule has 0 fully saturated rings. The van der Waals surface area contributed by atoms with Crippen LogP contribution in [0.3, 0.4) is 0 Å². The molecule has 33 heavy (non-hydrogen) atoms. The molecule has 1 amide bonds. The van der Waals surface area contributed by atoms with Gasteiger partial charge >= 0.3 is 5.97 Å². The summed E-state index contributed by atoms with van der Waals surface area (Å²) in [5.74, 6) is 0.984. The van der Waals surface area contributed by atoms with Gasteiger partial charge in [-0.25, -0.2) is 4.79 Å². The van der Waals surface area contributed by atoms with Crippen LogP contribution in [0.5, 0.6) is 5.75 Å². The number of benzene rings is 1. The van der Waals surface area contributed by atoms with Gasteiger partial charge in [-0.1, -0.05) is 32.9 Å². The molecule has 0 saturated heterocycles.